The van der Waals surface area contributed by atoms with Crippen LogP contribution in [-0.2, 0) is 14.3 Å². The van der Waals surface area contributed by atoms with E-state index < -0.39 is 11.6 Å². The van der Waals surface area contributed by atoms with E-state index in [1.165, 1.54) is 12.5 Å². The van der Waals surface area contributed by atoms with E-state index in [0.717, 1.165) is 23.8 Å². The van der Waals surface area contributed by atoms with Gasteiger partial charge in [0, 0.05) is 23.6 Å². The van der Waals surface area contributed by atoms with E-state index in [9.17, 15) is 14.4 Å². The highest BCUT2D eigenvalue weighted by Crippen LogP contribution is 2.29. The molecule has 0 aliphatic heterocycles. The molecule has 7 heteroatoms. The Hall–Kier alpha value is -2.83. The van der Waals surface area contributed by atoms with E-state index in [2.05, 4.69) is 19.2 Å². The van der Waals surface area contributed by atoms with Crippen molar-refractivity contribution in [2.24, 2.45) is 11.8 Å². The maximum absolute atomic E-state index is 12.1. The number of amides is 1. The van der Waals surface area contributed by atoms with Crippen molar-refractivity contribution >= 4 is 22.8 Å². The minimum absolute atomic E-state index is 0.122. The molecule has 1 fully saturated rings. The van der Waals surface area contributed by atoms with Crippen LogP contribution < -0.4 is 15.7 Å². The SMILES string of the molecule is Cc1cc(=O)oc2cc(OCC(=O)OCC(=O)N[C@H]3CCC[C@H](C)[C@H]3C)ccc12. The fourth-order valence-electron chi connectivity index (χ4n) is 3.76. The van der Waals surface area contributed by atoms with Crippen LogP contribution in [0.5, 0.6) is 5.75 Å². The smallest absolute Gasteiger partial charge is 0.344 e. The molecule has 29 heavy (non-hydrogen) atoms. The number of rotatable bonds is 6. The predicted molar refractivity (Wildman–Crippen MR) is 108 cm³/mol. The van der Waals surface area contributed by atoms with Crippen LogP contribution in [0.3, 0.4) is 0 Å². The first-order chi connectivity index (χ1) is 13.8. The molecule has 2 aromatic rings. The number of hydrogen-bond acceptors (Lipinski definition) is 6. The van der Waals surface area contributed by atoms with Gasteiger partial charge in [-0.1, -0.05) is 26.7 Å². The van der Waals surface area contributed by atoms with E-state index >= 15 is 0 Å². The zero-order valence-electron chi connectivity index (χ0n) is 17.0. The molecule has 1 N–H and O–H groups in total. The van der Waals surface area contributed by atoms with Crippen molar-refractivity contribution in [3.8, 4) is 5.75 Å². The van der Waals surface area contributed by atoms with Gasteiger partial charge in [-0.3, -0.25) is 4.79 Å². The second kappa shape index (κ2) is 9.11. The standard InChI is InChI=1S/C22H27NO6/c1-13-5-4-6-18(15(13)3)23-20(24)11-28-22(26)12-27-16-7-8-17-14(2)9-21(25)29-19(17)10-16/h7-10,13,15,18H,4-6,11-12H2,1-3H3,(H,23,24)/t13-,15+,18-/m0/s1. The number of ether oxygens (including phenoxy) is 2. The van der Waals surface area contributed by atoms with Crippen LogP contribution >= 0.6 is 0 Å². The molecule has 3 atom stereocenters. The molecular formula is C22H27NO6. The van der Waals surface area contributed by atoms with Crippen LogP contribution in [0.1, 0.15) is 38.7 Å². The van der Waals surface area contributed by atoms with Crippen LogP contribution in [0.25, 0.3) is 11.0 Å². The molecule has 1 aliphatic rings. The highest BCUT2D eigenvalue weighted by molar-refractivity contribution is 5.82. The van der Waals surface area contributed by atoms with Crippen molar-refractivity contribution in [2.75, 3.05) is 13.2 Å². The number of fused-ring (bicyclic) bond motifs is 1. The minimum atomic E-state index is -0.643. The maximum Gasteiger partial charge on any atom is 0.344 e. The summed E-state index contributed by atoms with van der Waals surface area (Å²) in [4.78, 5) is 35.5. The number of aryl methyl sites for hydroxylation is 1. The Morgan fingerprint density at radius 1 is 1.17 bits per heavy atom. The van der Waals surface area contributed by atoms with Gasteiger partial charge in [-0.05, 0) is 42.9 Å². The van der Waals surface area contributed by atoms with Crippen LogP contribution in [0.2, 0.25) is 0 Å². The normalized spacial score (nSPS) is 21.6. The second-order valence-electron chi connectivity index (χ2n) is 7.80. The van der Waals surface area contributed by atoms with E-state index in [0.29, 0.717) is 23.2 Å². The van der Waals surface area contributed by atoms with Crippen molar-refractivity contribution in [3.63, 3.8) is 0 Å². The Kier molecular flexibility index (Phi) is 6.56. The number of benzene rings is 1. The van der Waals surface area contributed by atoms with Crippen molar-refractivity contribution in [3.05, 3.63) is 40.2 Å². The van der Waals surface area contributed by atoms with Crippen molar-refractivity contribution < 1.29 is 23.5 Å². The summed E-state index contributed by atoms with van der Waals surface area (Å²) < 4.78 is 15.6. The van der Waals surface area contributed by atoms with Crippen molar-refractivity contribution in [1.29, 1.82) is 0 Å². The molecule has 156 valence electrons. The van der Waals surface area contributed by atoms with E-state index in [-0.39, 0.29) is 25.2 Å². The Morgan fingerprint density at radius 3 is 2.76 bits per heavy atom. The summed E-state index contributed by atoms with van der Waals surface area (Å²) in [6.07, 6.45) is 3.22. The second-order valence-corrected chi connectivity index (χ2v) is 7.80. The fraction of sp³-hybridized carbons (Fsp3) is 0.500. The first kappa shape index (κ1) is 20.9. The molecule has 1 saturated carbocycles. The van der Waals surface area contributed by atoms with Crippen molar-refractivity contribution in [1.82, 2.24) is 5.32 Å². The van der Waals surface area contributed by atoms with Crippen LogP contribution in [0.4, 0.5) is 0 Å². The lowest BCUT2D eigenvalue weighted by molar-refractivity contribution is -0.150. The zero-order valence-corrected chi connectivity index (χ0v) is 17.0. The Balaban J connectivity index is 1.47. The van der Waals surface area contributed by atoms with Gasteiger partial charge in [-0.2, -0.15) is 0 Å². The number of nitrogens with one attached hydrogen (secondary N) is 1. The Labute approximate surface area is 169 Å². The highest BCUT2D eigenvalue weighted by Gasteiger charge is 2.28. The van der Waals surface area contributed by atoms with Crippen LogP contribution in [0.15, 0.2) is 33.5 Å². The summed E-state index contributed by atoms with van der Waals surface area (Å²) in [5, 5.41) is 3.75. The molecule has 1 aliphatic carbocycles. The van der Waals surface area contributed by atoms with Crippen molar-refractivity contribution in [2.45, 2.75) is 46.1 Å². The molecular weight excluding hydrogens is 374 g/mol. The lowest BCUT2D eigenvalue weighted by Gasteiger charge is -2.34. The summed E-state index contributed by atoms with van der Waals surface area (Å²) >= 11 is 0. The molecule has 1 aromatic heterocycles. The number of esters is 1. The summed E-state index contributed by atoms with van der Waals surface area (Å²) in [5.41, 5.74) is 0.741. The maximum atomic E-state index is 12.1. The van der Waals surface area contributed by atoms with Gasteiger partial charge < -0.3 is 19.2 Å². The molecule has 3 rings (SSSR count). The van der Waals surface area contributed by atoms with Crippen LogP contribution in [0, 0.1) is 18.8 Å². The average molecular weight is 401 g/mol. The minimum Gasteiger partial charge on any atom is -0.482 e. The monoisotopic (exact) mass is 401 g/mol. The Morgan fingerprint density at radius 2 is 1.97 bits per heavy atom. The third-order valence-electron chi connectivity index (χ3n) is 5.70. The van der Waals surface area contributed by atoms with Gasteiger partial charge in [0.15, 0.2) is 13.2 Å². The van der Waals surface area contributed by atoms with E-state index in [1.54, 1.807) is 18.2 Å². The quantitative estimate of drug-likeness (QED) is 0.591. The van der Waals surface area contributed by atoms with Gasteiger partial charge in [0.2, 0.25) is 0 Å². The predicted octanol–water partition coefficient (Wildman–Crippen LogP) is 2.96. The highest BCUT2D eigenvalue weighted by atomic mass is 16.6. The number of carbonyl (C=O) groups excluding carboxylic acids is 2. The third kappa shape index (κ3) is 5.37. The first-order valence-corrected chi connectivity index (χ1v) is 9.96. The molecule has 0 bridgehead atoms. The largest absolute Gasteiger partial charge is 0.482 e. The molecule has 0 saturated heterocycles. The fourth-order valence-corrected chi connectivity index (χ4v) is 3.76. The lowest BCUT2D eigenvalue weighted by atomic mass is 9.78. The average Bonchev–Trinajstić information content (AvgIpc) is 2.68. The summed E-state index contributed by atoms with van der Waals surface area (Å²) in [5.74, 6) is 0.407. The van der Waals surface area contributed by atoms with Gasteiger partial charge in [-0.15, -0.1) is 0 Å². The van der Waals surface area contributed by atoms with E-state index in [4.69, 9.17) is 13.9 Å². The Bertz CT molecular complexity index is 950. The topological polar surface area (TPSA) is 94.8 Å². The molecule has 1 aromatic carbocycles. The number of hydrogen-bond donors (Lipinski definition) is 1. The third-order valence-corrected chi connectivity index (χ3v) is 5.70. The molecule has 1 amide bonds. The first-order valence-electron chi connectivity index (χ1n) is 9.96. The van der Waals surface area contributed by atoms with Gasteiger partial charge in [0.25, 0.3) is 5.91 Å². The van der Waals surface area contributed by atoms with Gasteiger partial charge in [-0.25, -0.2) is 9.59 Å². The summed E-state index contributed by atoms with van der Waals surface area (Å²) in [6.45, 7) is 5.48. The lowest BCUT2D eigenvalue weighted by Crippen LogP contribution is -2.45. The molecule has 0 radical (unpaired) electrons. The van der Waals surface area contributed by atoms with Gasteiger partial charge >= 0.3 is 11.6 Å². The summed E-state index contributed by atoms with van der Waals surface area (Å²) in [7, 11) is 0. The van der Waals surface area contributed by atoms with Crippen LogP contribution in [-0.4, -0.2) is 31.1 Å². The molecule has 7 nitrogen and oxygen atoms in total. The van der Waals surface area contributed by atoms with Gasteiger partial charge in [0.05, 0.1) is 0 Å². The number of carbonyl (C=O) groups is 2. The summed E-state index contributed by atoms with van der Waals surface area (Å²) in [6, 6.07) is 6.53. The molecule has 0 spiro atoms. The molecule has 0 unspecified atom stereocenters. The van der Waals surface area contributed by atoms with E-state index in [1.807, 2.05) is 6.92 Å². The molecule has 1 heterocycles. The van der Waals surface area contributed by atoms with Gasteiger partial charge in [0.1, 0.15) is 11.3 Å². The zero-order chi connectivity index (χ0) is 21.0.